The van der Waals surface area contributed by atoms with Crippen LogP contribution in [0, 0.1) is 17.7 Å². The number of para-hydroxylation sites is 1. The molecule has 1 aliphatic heterocycles. The second kappa shape index (κ2) is 4.35. The Hall–Kier alpha value is -1.58. The first kappa shape index (κ1) is 11.9. The molecule has 1 aromatic carbocycles. The third-order valence-corrected chi connectivity index (χ3v) is 3.39. The maximum Gasteiger partial charge on any atom is 0.337 e. The van der Waals surface area contributed by atoms with E-state index in [1.165, 1.54) is 18.2 Å². The molecule has 92 valence electrons. The Morgan fingerprint density at radius 2 is 2.12 bits per heavy atom. The zero-order valence-corrected chi connectivity index (χ0v) is 9.98. The lowest BCUT2D eigenvalue weighted by Gasteiger charge is -2.43. The molecule has 17 heavy (non-hydrogen) atoms. The quantitative estimate of drug-likeness (QED) is 0.878. The van der Waals surface area contributed by atoms with E-state index in [4.69, 9.17) is 5.11 Å². The summed E-state index contributed by atoms with van der Waals surface area (Å²) in [5.41, 5.74) is 0.282. The predicted molar refractivity (Wildman–Crippen MR) is 63.9 cm³/mol. The molecule has 1 heterocycles. The molecule has 0 radical (unpaired) electrons. The van der Waals surface area contributed by atoms with E-state index < -0.39 is 11.8 Å². The number of hydrogen-bond donors (Lipinski definition) is 1. The number of halogens is 1. The summed E-state index contributed by atoms with van der Waals surface area (Å²) in [6, 6.07) is 4.19. The predicted octanol–water partition coefficient (Wildman–Crippen LogP) is 2.62. The SMILES string of the molecule is CC(C)C1CN(c2c(F)cccc2C(=O)O)C1. The summed E-state index contributed by atoms with van der Waals surface area (Å²) in [5.74, 6) is -0.456. The summed E-state index contributed by atoms with van der Waals surface area (Å²) < 4.78 is 13.7. The van der Waals surface area contributed by atoms with Crippen molar-refractivity contribution < 1.29 is 14.3 Å². The average molecular weight is 237 g/mol. The van der Waals surface area contributed by atoms with Gasteiger partial charge in [-0.05, 0) is 24.0 Å². The number of rotatable bonds is 3. The van der Waals surface area contributed by atoms with E-state index in [2.05, 4.69) is 13.8 Å². The molecule has 1 fully saturated rings. The molecule has 1 saturated heterocycles. The Morgan fingerprint density at radius 1 is 1.47 bits per heavy atom. The largest absolute Gasteiger partial charge is 0.478 e. The molecule has 4 heteroatoms. The van der Waals surface area contributed by atoms with Crippen LogP contribution >= 0.6 is 0 Å². The molecule has 0 spiro atoms. The van der Waals surface area contributed by atoms with Crippen molar-refractivity contribution in [2.24, 2.45) is 11.8 Å². The van der Waals surface area contributed by atoms with E-state index in [9.17, 15) is 9.18 Å². The van der Waals surface area contributed by atoms with Crippen LogP contribution in [0.1, 0.15) is 24.2 Å². The van der Waals surface area contributed by atoms with Gasteiger partial charge in [0.15, 0.2) is 0 Å². The van der Waals surface area contributed by atoms with Crippen LogP contribution < -0.4 is 4.90 Å². The number of carboxylic acids is 1. The smallest absolute Gasteiger partial charge is 0.337 e. The Kier molecular flexibility index (Phi) is 3.05. The molecule has 0 aliphatic carbocycles. The van der Waals surface area contributed by atoms with Crippen LogP contribution in [0.15, 0.2) is 18.2 Å². The van der Waals surface area contributed by atoms with Crippen LogP contribution in [0.3, 0.4) is 0 Å². The number of benzene rings is 1. The van der Waals surface area contributed by atoms with Gasteiger partial charge in [-0.2, -0.15) is 0 Å². The lowest BCUT2D eigenvalue weighted by molar-refractivity contribution is 0.0696. The topological polar surface area (TPSA) is 40.5 Å². The summed E-state index contributed by atoms with van der Waals surface area (Å²) in [6.45, 7) is 5.72. The van der Waals surface area contributed by atoms with Crippen molar-refractivity contribution >= 4 is 11.7 Å². The van der Waals surface area contributed by atoms with Gasteiger partial charge in [-0.1, -0.05) is 19.9 Å². The Bertz CT molecular complexity index is 439. The summed E-state index contributed by atoms with van der Waals surface area (Å²) >= 11 is 0. The minimum atomic E-state index is -1.08. The minimum Gasteiger partial charge on any atom is -0.478 e. The van der Waals surface area contributed by atoms with Crippen LogP contribution in [0.5, 0.6) is 0 Å². The van der Waals surface area contributed by atoms with Crippen LogP contribution in [-0.4, -0.2) is 24.2 Å². The van der Waals surface area contributed by atoms with Crippen molar-refractivity contribution in [3.8, 4) is 0 Å². The van der Waals surface area contributed by atoms with E-state index in [1.807, 2.05) is 4.90 Å². The van der Waals surface area contributed by atoms with Gasteiger partial charge in [-0.15, -0.1) is 0 Å². The molecule has 0 atom stereocenters. The van der Waals surface area contributed by atoms with Gasteiger partial charge >= 0.3 is 5.97 Å². The number of aromatic carboxylic acids is 1. The first-order chi connectivity index (χ1) is 8.00. The monoisotopic (exact) mass is 237 g/mol. The van der Waals surface area contributed by atoms with Crippen LogP contribution in [-0.2, 0) is 0 Å². The zero-order chi connectivity index (χ0) is 12.6. The minimum absolute atomic E-state index is 0.0483. The molecule has 1 aromatic rings. The van der Waals surface area contributed by atoms with E-state index in [1.54, 1.807) is 0 Å². The first-order valence-corrected chi connectivity index (χ1v) is 5.77. The van der Waals surface area contributed by atoms with E-state index in [-0.39, 0.29) is 11.3 Å². The maximum absolute atomic E-state index is 13.7. The number of anilines is 1. The highest BCUT2D eigenvalue weighted by atomic mass is 19.1. The van der Waals surface area contributed by atoms with Gasteiger partial charge in [0.05, 0.1) is 11.3 Å². The highest BCUT2D eigenvalue weighted by molar-refractivity contribution is 5.94. The van der Waals surface area contributed by atoms with Crippen molar-refractivity contribution in [1.29, 1.82) is 0 Å². The lowest BCUT2D eigenvalue weighted by Crippen LogP contribution is -2.50. The van der Waals surface area contributed by atoms with E-state index >= 15 is 0 Å². The summed E-state index contributed by atoms with van der Waals surface area (Å²) in [6.07, 6.45) is 0. The van der Waals surface area contributed by atoms with Gasteiger partial charge < -0.3 is 10.0 Å². The van der Waals surface area contributed by atoms with E-state index in [0.29, 0.717) is 11.8 Å². The van der Waals surface area contributed by atoms with E-state index in [0.717, 1.165) is 13.1 Å². The van der Waals surface area contributed by atoms with Gasteiger partial charge in [0.2, 0.25) is 0 Å². The summed E-state index contributed by atoms with van der Waals surface area (Å²) in [5, 5.41) is 9.04. The number of nitrogens with zero attached hydrogens (tertiary/aromatic N) is 1. The van der Waals surface area contributed by atoms with Crippen LogP contribution in [0.4, 0.5) is 10.1 Å². The fourth-order valence-electron chi connectivity index (χ4n) is 2.13. The lowest BCUT2D eigenvalue weighted by atomic mass is 9.87. The van der Waals surface area contributed by atoms with Gasteiger partial charge in [0.25, 0.3) is 0 Å². The summed E-state index contributed by atoms with van der Waals surface area (Å²) in [7, 11) is 0. The molecule has 0 unspecified atom stereocenters. The maximum atomic E-state index is 13.7. The van der Waals surface area contributed by atoms with Gasteiger partial charge in [-0.3, -0.25) is 0 Å². The number of hydrogen-bond acceptors (Lipinski definition) is 2. The number of carboxylic acid groups (broad SMARTS) is 1. The third kappa shape index (κ3) is 2.12. The molecule has 3 nitrogen and oxygen atoms in total. The Balaban J connectivity index is 2.25. The van der Waals surface area contributed by atoms with Gasteiger partial charge in [0, 0.05) is 13.1 Å². The molecule has 0 bridgehead atoms. The highest BCUT2D eigenvalue weighted by Gasteiger charge is 2.33. The van der Waals surface area contributed by atoms with Gasteiger partial charge in [-0.25, -0.2) is 9.18 Å². The molecule has 2 rings (SSSR count). The second-order valence-corrected chi connectivity index (χ2v) is 4.85. The van der Waals surface area contributed by atoms with Crippen LogP contribution in [0.2, 0.25) is 0 Å². The van der Waals surface area contributed by atoms with Crippen LogP contribution in [0.25, 0.3) is 0 Å². The normalized spacial score (nSPS) is 16.1. The average Bonchev–Trinajstić information content (AvgIpc) is 2.17. The first-order valence-electron chi connectivity index (χ1n) is 5.77. The fraction of sp³-hybridized carbons (Fsp3) is 0.462. The second-order valence-electron chi connectivity index (χ2n) is 4.85. The Morgan fingerprint density at radius 3 is 2.65 bits per heavy atom. The molecule has 0 amide bonds. The molecular weight excluding hydrogens is 221 g/mol. The molecular formula is C13H16FNO2. The Labute approximate surface area is 99.9 Å². The molecule has 0 saturated carbocycles. The van der Waals surface area contributed by atoms with Crippen molar-refractivity contribution in [1.82, 2.24) is 0 Å². The summed E-state index contributed by atoms with van der Waals surface area (Å²) in [4.78, 5) is 12.8. The third-order valence-electron chi connectivity index (χ3n) is 3.39. The molecule has 1 aliphatic rings. The number of carbonyl (C=O) groups is 1. The van der Waals surface area contributed by atoms with Crippen molar-refractivity contribution in [2.75, 3.05) is 18.0 Å². The van der Waals surface area contributed by atoms with Gasteiger partial charge in [0.1, 0.15) is 5.82 Å². The van der Waals surface area contributed by atoms with Crippen molar-refractivity contribution in [2.45, 2.75) is 13.8 Å². The van der Waals surface area contributed by atoms with Crippen molar-refractivity contribution in [3.05, 3.63) is 29.6 Å². The highest BCUT2D eigenvalue weighted by Crippen LogP contribution is 2.33. The molecule has 0 aromatic heterocycles. The zero-order valence-electron chi connectivity index (χ0n) is 9.98. The van der Waals surface area contributed by atoms with Crippen molar-refractivity contribution in [3.63, 3.8) is 0 Å². The molecule has 1 N–H and O–H groups in total. The standard InChI is InChI=1S/C13H16FNO2/c1-8(2)9-6-15(7-9)12-10(13(16)17)4-3-5-11(12)14/h3-5,8-9H,6-7H2,1-2H3,(H,16,17). The fourth-order valence-corrected chi connectivity index (χ4v) is 2.13.